The van der Waals surface area contributed by atoms with Gasteiger partial charge in [0.05, 0.1) is 5.92 Å². The maximum absolute atomic E-state index is 11.9. The lowest BCUT2D eigenvalue weighted by molar-refractivity contribution is -0.145. The van der Waals surface area contributed by atoms with Gasteiger partial charge in [0.1, 0.15) is 0 Å². The van der Waals surface area contributed by atoms with E-state index in [2.05, 4.69) is 20.8 Å². The van der Waals surface area contributed by atoms with Crippen LogP contribution in [0.3, 0.4) is 0 Å². The van der Waals surface area contributed by atoms with Crippen LogP contribution in [0.15, 0.2) is 0 Å². The monoisotopic (exact) mass is 241 g/mol. The summed E-state index contributed by atoms with van der Waals surface area (Å²) in [4.78, 5) is 24.6. The van der Waals surface area contributed by atoms with Crippen molar-refractivity contribution in [2.24, 2.45) is 11.3 Å². The summed E-state index contributed by atoms with van der Waals surface area (Å²) in [6, 6.07) is 0. The van der Waals surface area contributed by atoms with Gasteiger partial charge < -0.3 is 10.0 Å². The molecule has 1 heterocycles. The maximum atomic E-state index is 11.9. The van der Waals surface area contributed by atoms with Gasteiger partial charge in [-0.1, -0.05) is 20.8 Å². The molecule has 1 N–H and O–H groups in total. The van der Waals surface area contributed by atoms with E-state index in [0.29, 0.717) is 25.9 Å². The molecule has 1 saturated heterocycles. The molecule has 0 spiro atoms. The first-order valence-corrected chi connectivity index (χ1v) is 6.30. The van der Waals surface area contributed by atoms with Crippen molar-refractivity contribution in [1.29, 1.82) is 0 Å². The zero-order valence-electron chi connectivity index (χ0n) is 11.0. The van der Waals surface area contributed by atoms with Crippen LogP contribution in [0.1, 0.15) is 46.5 Å². The minimum Gasteiger partial charge on any atom is -0.481 e. The molecule has 1 rings (SSSR count). The number of carboxylic acids is 1. The van der Waals surface area contributed by atoms with Gasteiger partial charge in [0.2, 0.25) is 5.91 Å². The Kier molecular flexibility index (Phi) is 4.54. The van der Waals surface area contributed by atoms with Gasteiger partial charge in [-0.25, -0.2) is 0 Å². The van der Waals surface area contributed by atoms with Gasteiger partial charge >= 0.3 is 5.97 Å². The summed E-state index contributed by atoms with van der Waals surface area (Å²) in [6.07, 6.45) is 2.87. The van der Waals surface area contributed by atoms with Gasteiger partial charge in [0.15, 0.2) is 0 Å². The smallest absolute Gasteiger partial charge is 0.308 e. The lowest BCUT2D eigenvalue weighted by Crippen LogP contribution is -2.42. The molecule has 0 aromatic rings. The highest BCUT2D eigenvalue weighted by Crippen LogP contribution is 2.23. The molecule has 0 bridgehead atoms. The number of nitrogens with zero attached hydrogens (tertiary/aromatic N) is 1. The van der Waals surface area contributed by atoms with Crippen molar-refractivity contribution in [1.82, 2.24) is 4.90 Å². The van der Waals surface area contributed by atoms with Crippen LogP contribution in [0, 0.1) is 11.3 Å². The number of aliphatic carboxylic acids is 1. The summed E-state index contributed by atoms with van der Waals surface area (Å²) in [6.45, 7) is 7.43. The van der Waals surface area contributed by atoms with E-state index >= 15 is 0 Å². The van der Waals surface area contributed by atoms with E-state index in [1.165, 1.54) is 0 Å². The van der Waals surface area contributed by atoms with Crippen molar-refractivity contribution in [3.8, 4) is 0 Å². The highest BCUT2D eigenvalue weighted by Gasteiger charge is 2.28. The van der Waals surface area contributed by atoms with Crippen molar-refractivity contribution >= 4 is 11.9 Å². The lowest BCUT2D eigenvalue weighted by Gasteiger charge is -2.31. The van der Waals surface area contributed by atoms with E-state index in [9.17, 15) is 9.59 Å². The fourth-order valence-corrected chi connectivity index (χ4v) is 2.05. The van der Waals surface area contributed by atoms with Crippen LogP contribution in [0.25, 0.3) is 0 Å². The number of carboxylic acid groups (broad SMARTS) is 1. The first-order chi connectivity index (χ1) is 7.79. The van der Waals surface area contributed by atoms with Crippen molar-refractivity contribution in [3.63, 3.8) is 0 Å². The quantitative estimate of drug-likeness (QED) is 0.823. The Bertz CT molecular complexity index is 294. The number of rotatable bonds is 3. The van der Waals surface area contributed by atoms with E-state index in [0.717, 1.165) is 12.8 Å². The SMILES string of the molecule is CC(C)(C)CCC(=O)N1CCCC(C(=O)O)C1. The summed E-state index contributed by atoms with van der Waals surface area (Å²) in [7, 11) is 0. The second-order valence-electron chi connectivity index (χ2n) is 6.08. The molecule has 0 aliphatic carbocycles. The molecule has 0 aromatic carbocycles. The predicted molar refractivity (Wildman–Crippen MR) is 65.6 cm³/mol. The standard InChI is InChI=1S/C13H23NO3/c1-13(2,3)7-6-11(15)14-8-4-5-10(9-14)12(16)17/h10H,4-9H2,1-3H3,(H,16,17). The van der Waals surface area contributed by atoms with E-state index in [-0.39, 0.29) is 17.2 Å². The molecule has 4 heteroatoms. The Hall–Kier alpha value is -1.06. The van der Waals surface area contributed by atoms with Crippen LogP contribution in [0.5, 0.6) is 0 Å². The van der Waals surface area contributed by atoms with Gasteiger partial charge in [-0.15, -0.1) is 0 Å². The molecule has 1 atom stereocenters. The second kappa shape index (κ2) is 5.52. The Morgan fingerprint density at radius 2 is 2.00 bits per heavy atom. The van der Waals surface area contributed by atoms with Crippen LogP contribution >= 0.6 is 0 Å². The number of piperidine rings is 1. The fraction of sp³-hybridized carbons (Fsp3) is 0.846. The van der Waals surface area contributed by atoms with E-state index in [1.54, 1.807) is 4.90 Å². The largest absolute Gasteiger partial charge is 0.481 e. The first-order valence-electron chi connectivity index (χ1n) is 6.30. The van der Waals surface area contributed by atoms with Crippen LogP contribution in [-0.4, -0.2) is 35.0 Å². The van der Waals surface area contributed by atoms with Crippen LogP contribution < -0.4 is 0 Å². The molecule has 17 heavy (non-hydrogen) atoms. The van der Waals surface area contributed by atoms with Gasteiger partial charge in [0.25, 0.3) is 0 Å². The summed E-state index contributed by atoms with van der Waals surface area (Å²) < 4.78 is 0. The summed E-state index contributed by atoms with van der Waals surface area (Å²) in [5, 5.41) is 8.96. The van der Waals surface area contributed by atoms with Gasteiger partial charge in [-0.05, 0) is 24.7 Å². The van der Waals surface area contributed by atoms with Crippen molar-refractivity contribution < 1.29 is 14.7 Å². The Morgan fingerprint density at radius 1 is 1.35 bits per heavy atom. The van der Waals surface area contributed by atoms with Crippen LogP contribution in [0.2, 0.25) is 0 Å². The average molecular weight is 241 g/mol. The highest BCUT2D eigenvalue weighted by atomic mass is 16.4. The molecule has 1 aliphatic rings. The fourth-order valence-electron chi connectivity index (χ4n) is 2.05. The molecule has 1 unspecified atom stereocenters. The topological polar surface area (TPSA) is 57.6 Å². The number of hydrogen-bond acceptors (Lipinski definition) is 2. The number of carbonyl (C=O) groups excluding carboxylic acids is 1. The third-order valence-electron chi connectivity index (χ3n) is 3.21. The molecule has 98 valence electrons. The minimum absolute atomic E-state index is 0.103. The Morgan fingerprint density at radius 3 is 2.53 bits per heavy atom. The van der Waals surface area contributed by atoms with Crippen molar-refractivity contribution in [2.75, 3.05) is 13.1 Å². The highest BCUT2D eigenvalue weighted by molar-refractivity contribution is 5.78. The number of hydrogen-bond donors (Lipinski definition) is 1. The van der Waals surface area contributed by atoms with Gasteiger partial charge in [-0.3, -0.25) is 9.59 Å². The molecular weight excluding hydrogens is 218 g/mol. The van der Waals surface area contributed by atoms with E-state index < -0.39 is 5.97 Å². The molecular formula is C13H23NO3. The van der Waals surface area contributed by atoms with Crippen molar-refractivity contribution in [3.05, 3.63) is 0 Å². The molecule has 1 aliphatic heterocycles. The molecule has 1 fully saturated rings. The third-order valence-corrected chi connectivity index (χ3v) is 3.21. The maximum Gasteiger partial charge on any atom is 0.308 e. The van der Waals surface area contributed by atoms with Gasteiger partial charge in [-0.2, -0.15) is 0 Å². The zero-order valence-corrected chi connectivity index (χ0v) is 11.0. The van der Waals surface area contributed by atoms with Crippen LogP contribution in [-0.2, 0) is 9.59 Å². The number of likely N-dealkylation sites (tertiary alicyclic amines) is 1. The van der Waals surface area contributed by atoms with Gasteiger partial charge in [0, 0.05) is 19.5 Å². The Balaban J connectivity index is 2.44. The third kappa shape index (κ3) is 4.75. The first kappa shape index (κ1) is 14.0. The number of amides is 1. The molecule has 4 nitrogen and oxygen atoms in total. The molecule has 1 amide bonds. The van der Waals surface area contributed by atoms with Crippen molar-refractivity contribution in [2.45, 2.75) is 46.5 Å². The number of carbonyl (C=O) groups is 2. The predicted octanol–water partition coefficient (Wildman–Crippen LogP) is 2.14. The normalized spacial score (nSPS) is 21.4. The zero-order chi connectivity index (χ0) is 13.1. The molecule has 0 radical (unpaired) electrons. The lowest BCUT2D eigenvalue weighted by atomic mass is 9.90. The van der Waals surface area contributed by atoms with Crippen LogP contribution in [0.4, 0.5) is 0 Å². The minimum atomic E-state index is -0.779. The molecule has 0 aromatic heterocycles. The van der Waals surface area contributed by atoms with E-state index in [1.807, 2.05) is 0 Å². The second-order valence-corrected chi connectivity index (χ2v) is 6.08. The average Bonchev–Trinajstić information content (AvgIpc) is 2.25. The Labute approximate surface area is 103 Å². The summed E-state index contributed by atoms with van der Waals surface area (Å²) >= 11 is 0. The molecule has 0 saturated carbocycles. The summed E-state index contributed by atoms with van der Waals surface area (Å²) in [5.74, 6) is -1.05. The summed E-state index contributed by atoms with van der Waals surface area (Å²) in [5.41, 5.74) is 0.150. The van der Waals surface area contributed by atoms with E-state index in [4.69, 9.17) is 5.11 Å².